The van der Waals surface area contributed by atoms with Gasteiger partial charge in [0.25, 0.3) is 0 Å². The van der Waals surface area contributed by atoms with Crippen LogP contribution in [0.1, 0.15) is 18.1 Å². The second-order valence-electron chi connectivity index (χ2n) is 5.25. The number of benzene rings is 2. The molecule has 0 bridgehead atoms. The van der Waals surface area contributed by atoms with Crippen LogP contribution >= 0.6 is 24.0 Å². The van der Waals surface area contributed by atoms with Crippen LogP contribution in [0.3, 0.4) is 0 Å². The van der Waals surface area contributed by atoms with Gasteiger partial charge in [0.2, 0.25) is 0 Å². The Bertz CT molecular complexity index is 742. The van der Waals surface area contributed by atoms with Gasteiger partial charge in [-0.05, 0) is 37.6 Å². The van der Waals surface area contributed by atoms with Crippen LogP contribution in [0.2, 0.25) is 0 Å². The van der Waals surface area contributed by atoms with Gasteiger partial charge in [0.15, 0.2) is 17.5 Å². The summed E-state index contributed by atoms with van der Waals surface area (Å²) in [7, 11) is 0. The van der Waals surface area contributed by atoms with Crippen LogP contribution in [0, 0.1) is 6.92 Å². The third-order valence-corrected chi connectivity index (χ3v) is 3.28. The van der Waals surface area contributed by atoms with Crippen molar-refractivity contribution in [3.8, 4) is 11.5 Å². The highest BCUT2D eigenvalue weighted by molar-refractivity contribution is 14.0. The predicted octanol–water partition coefficient (Wildman–Crippen LogP) is 4.54. The molecule has 26 heavy (non-hydrogen) atoms. The molecule has 0 fully saturated rings. The van der Waals surface area contributed by atoms with Crippen molar-refractivity contribution in [1.82, 2.24) is 0 Å². The molecule has 8 heteroatoms. The maximum Gasteiger partial charge on any atom is 0.387 e. The van der Waals surface area contributed by atoms with E-state index in [1.54, 1.807) is 25.1 Å². The first-order valence-electron chi connectivity index (χ1n) is 7.82. The van der Waals surface area contributed by atoms with E-state index in [1.165, 1.54) is 0 Å². The van der Waals surface area contributed by atoms with Crippen molar-refractivity contribution < 1.29 is 18.3 Å². The van der Waals surface area contributed by atoms with E-state index in [0.717, 1.165) is 11.3 Å². The number of guanidine groups is 1. The normalized spacial score (nSPS) is 11.0. The number of para-hydroxylation sites is 1. The highest BCUT2D eigenvalue weighted by atomic mass is 127. The van der Waals surface area contributed by atoms with Gasteiger partial charge in [-0.15, -0.1) is 24.0 Å². The number of hydrogen-bond acceptors (Lipinski definition) is 3. The van der Waals surface area contributed by atoms with Gasteiger partial charge in [0, 0.05) is 11.3 Å². The van der Waals surface area contributed by atoms with Crippen molar-refractivity contribution in [3.63, 3.8) is 0 Å². The van der Waals surface area contributed by atoms with Crippen molar-refractivity contribution in [3.05, 3.63) is 53.6 Å². The predicted molar refractivity (Wildman–Crippen MR) is 110 cm³/mol. The third kappa shape index (κ3) is 6.66. The van der Waals surface area contributed by atoms with E-state index in [4.69, 9.17) is 10.5 Å². The van der Waals surface area contributed by atoms with Crippen LogP contribution in [-0.4, -0.2) is 19.2 Å². The number of nitrogens with zero attached hydrogens (tertiary/aromatic N) is 1. The van der Waals surface area contributed by atoms with Crippen LogP contribution in [0.5, 0.6) is 11.5 Å². The minimum atomic E-state index is -2.95. The maximum absolute atomic E-state index is 12.7. The molecule has 5 nitrogen and oxygen atoms in total. The lowest BCUT2D eigenvalue weighted by molar-refractivity contribution is -0.0520. The summed E-state index contributed by atoms with van der Waals surface area (Å²) in [5.74, 6) is 0.405. The third-order valence-electron chi connectivity index (χ3n) is 3.28. The molecule has 0 aromatic heterocycles. The lowest BCUT2D eigenvalue weighted by atomic mass is 10.2. The van der Waals surface area contributed by atoms with Gasteiger partial charge in [-0.25, -0.2) is 4.99 Å². The van der Waals surface area contributed by atoms with E-state index in [2.05, 4.69) is 15.0 Å². The SMILES string of the molecule is CCOc1cccc(CN=C(N)Nc2cccc(C)c2)c1OC(F)F.I. The number of aliphatic imine (C=N–C) groups is 1. The minimum absolute atomic E-state index is 0. The lowest BCUT2D eigenvalue weighted by Crippen LogP contribution is -2.22. The Morgan fingerprint density at radius 1 is 1.23 bits per heavy atom. The zero-order valence-electron chi connectivity index (χ0n) is 14.5. The number of hydrogen-bond donors (Lipinski definition) is 2. The molecular weight excluding hydrogens is 455 g/mol. The van der Waals surface area contributed by atoms with E-state index in [1.807, 2.05) is 31.2 Å². The molecule has 2 aromatic carbocycles. The molecule has 0 aliphatic heterocycles. The fraction of sp³-hybridized carbons (Fsp3) is 0.278. The highest BCUT2D eigenvalue weighted by Gasteiger charge is 2.15. The van der Waals surface area contributed by atoms with Gasteiger partial charge in [0.1, 0.15) is 0 Å². The van der Waals surface area contributed by atoms with Crippen molar-refractivity contribution in [1.29, 1.82) is 0 Å². The van der Waals surface area contributed by atoms with Gasteiger partial charge >= 0.3 is 6.61 Å². The quantitative estimate of drug-likeness (QED) is 0.349. The van der Waals surface area contributed by atoms with Gasteiger partial charge in [0.05, 0.1) is 13.2 Å². The second kappa shape index (κ2) is 10.8. The topological polar surface area (TPSA) is 68.9 Å². The van der Waals surface area contributed by atoms with Crippen molar-refractivity contribution in [2.24, 2.45) is 10.7 Å². The first-order valence-corrected chi connectivity index (χ1v) is 7.82. The molecule has 2 rings (SSSR count). The van der Waals surface area contributed by atoms with Crippen LogP contribution in [0.15, 0.2) is 47.5 Å². The van der Waals surface area contributed by atoms with E-state index >= 15 is 0 Å². The average Bonchev–Trinajstić information content (AvgIpc) is 2.55. The standard InChI is InChI=1S/C18H21F2N3O2.HI/c1-3-24-15-9-5-7-13(16(15)25-17(19)20)11-22-18(21)23-14-8-4-6-12(2)10-14;/h4-10,17H,3,11H2,1-2H3,(H3,21,22,23);1H. The summed E-state index contributed by atoms with van der Waals surface area (Å²) in [6.07, 6.45) is 0. The maximum atomic E-state index is 12.7. The molecule has 0 spiro atoms. The lowest BCUT2D eigenvalue weighted by Gasteiger charge is -2.14. The van der Waals surface area contributed by atoms with E-state index < -0.39 is 6.61 Å². The Kier molecular flexibility index (Phi) is 9.11. The van der Waals surface area contributed by atoms with Gasteiger partial charge in [-0.2, -0.15) is 8.78 Å². The number of halogens is 3. The summed E-state index contributed by atoms with van der Waals surface area (Å²) >= 11 is 0. The van der Waals surface area contributed by atoms with Crippen molar-refractivity contribution in [2.45, 2.75) is 27.0 Å². The first-order chi connectivity index (χ1) is 12.0. The Balaban J connectivity index is 0.00000338. The molecule has 0 amide bonds. The Morgan fingerprint density at radius 2 is 1.96 bits per heavy atom. The van der Waals surface area contributed by atoms with Crippen LogP contribution in [-0.2, 0) is 6.54 Å². The number of aryl methyl sites for hydroxylation is 1. The molecule has 0 unspecified atom stereocenters. The zero-order valence-corrected chi connectivity index (χ0v) is 16.9. The first kappa shape index (κ1) is 21.9. The van der Waals surface area contributed by atoms with E-state index in [-0.39, 0.29) is 48.0 Å². The van der Waals surface area contributed by atoms with Gasteiger partial charge in [-0.3, -0.25) is 0 Å². The summed E-state index contributed by atoms with van der Waals surface area (Å²) in [4.78, 5) is 4.19. The Hall–Kier alpha value is -2.10. The average molecular weight is 477 g/mol. The molecule has 2 aromatic rings. The molecule has 0 atom stereocenters. The fourth-order valence-electron chi connectivity index (χ4n) is 2.26. The molecule has 0 saturated heterocycles. The van der Waals surface area contributed by atoms with E-state index in [9.17, 15) is 8.78 Å². The van der Waals surface area contributed by atoms with Crippen LogP contribution in [0.25, 0.3) is 0 Å². The summed E-state index contributed by atoms with van der Waals surface area (Å²) in [5, 5.41) is 2.96. The number of alkyl halides is 2. The second-order valence-corrected chi connectivity index (χ2v) is 5.25. The fourth-order valence-corrected chi connectivity index (χ4v) is 2.26. The molecule has 0 saturated carbocycles. The summed E-state index contributed by atoms with van der Waals surface area (Å²) in [6.45, 7) is 1.19. The summed E-state index contributed by atoms with van der Waals surface area (Å²) < 4.78 is 35.3. The monoisotopic (exact) mass is 477 g/mol. The minimum Gasteiger partial charge on any atom is -0.490 e. The molecule has 0 aliphatic carbocycles. The number of rotatable bonds is 7. The molecular formula is C18H22F2IN3O2. The van der Waals surface area contributed by atoms with Gasteiger partial charge < -0.3 is 20.5 Å². The zero-order chi connectivity index (χ0) is 18.2. The van der Waals surface area contributed by atoms with Crippen molar-refractivity contribution in [2.75, 3.05) is 11.9 Å². The smallest absolute Gasteiger partial charge is 0.387 e. The molecule has 0 radical (unpaired) electrons. The summed E-state index contributed by atoms with van der Waals surface area (Å²) in [5.41, 5.74) is 8.21. The number of nitrogens with one attached hydrogen (secondary N) is 1. The molecule has 0 heterocycles. The van der Waals surface area contributed by atoms with Crippen LogP contribution < -0.4 is 20.5 Å². The van der Waals surface area contributed by atoms with Gasteiger partial charge in [-0.1, -0.05) is 24.3 Å². The number of ether oxygens (including phenoxy) is 2. The number of nitrogens with two attached hydrogens (primary N) is 1. The molecule has 142 valence electrons. The van der Waals surface area contributed by atoms with Crippen LogP contribution in [0.4, 0.5) is 14.5 Å². The molecule has 0 aliphatic rings. The number of anilines is 1. The highest BCUT2D eigenvalue weighted by Crippen LogP contribution is 2.33. The Labute approximate surface area is 168 Å². The summed E-state index contributed by atoms with van der Waals surface area (Å²) in [6, 6.07) is 12.5. The molecule has 3 N–H and O–H groups in total. The van der Waals surface area contributed by atoms with E-state index in [0.29, 0.717) is 12.2 Å². The Morgan fingerprint density at radius 3 is 2.62 bits per heavy atom. The largest absolute Gasteiger partial charge is 0.490 e. The van der Waals surface area contributed by atoms with Crippen molar-refractivity contribution >= 4 is 35.6 Å².